The van der Waals surface area contributed by atoms with Gasteiger partial charge in [-0.2, -0.15) is 5.26 Å². The highest BCUT2D eigenvalue weighted by Gasteiger charge is 2.38. The lowest BCUT2D eigenvalue weighted by atomic mass is 9.81. The number of rotatable bonds is 8. The zero-order chi connectivity index (χ0) is 20.4. The number of ether oxygens (including phenoxy) is 2. The number of likely N-dealkylation sites (N-methyl/N-ethyl adjacent to an activating group) is 1. The summed E-state index contributed by atoms with van der Waals surface area (Å²) in [6.07, 6.45) is 4.08. The Morgan fingerprint density at radius 1 is 1.14 bits per heavy atom. The first-order chi connectivity index (χ1) is 13.5. The fourth-order valence-electron chi connectivity index (χ4n) is 3.08. The summed E-state index contributed by atoms with van der Waals surface area (Å²) in [5.41, 5.74) is -0.829. The smallest absolute Gasteiger partial charge is 0.325 e. The SMILES string of the molecule is CN(C(=O)COC(=O)CNC(=O)COc1ccccc1)C1(C#N)CCCCC1. The van der Waals surface area contributed by atoms with Crippen LogP contribution in [0.25, 0.3) is 0 Å². The van der Waals surface area contributed by atoms with Crippen molar-refractivity contribution in [2.45, 2.75) is 37.6 Å². The van der Waals surface area contributed by atoms with Gasteiger partial charge in [0.2, 0.25) is 0 Å². The Labute approximate surface area is 164 Å². The number of carbonyl (C=O) groups is 3. The summed E-state index contributed by atoms with van der Waals surface area (Å²) >= 11 is 0. The van der Waals surface area contributed by atoms with Crippen molar-refractivity contribution in [3.8, 4) is 11.8 Å². The van der Waals surface area contributed by atoms with Gasteiger partial charge in [-0.1, -0.05) is 37.5 Å². The normalized spacial score (nSPS) is 15.0. The summed E-state index contributed by atoms with van der Waals surface area (Å²) in [6.45, 7) is -1.06. The van der Waals surface area contributed by atoms with Crippen LogP contribution in [0.5, 0.6) is 5.75 Å². The highest BCUT2D eigenvalue weighted by atomic mass is 16.5. The topological polar surface area (TPSA) is 109 Å². The molecule has 1 saturated carbocycles. The molecule has 0 radical (unpaired) electrons. The van der Waals surface area contributed by atoms with Crippen LogP contribution in [0, 0.1) is 11.3 Å². The standard InChI is InChI=1S/C20H25N3O5/c1-23(20(15-21)10-6-3-7-11-20)18(25)14-28-19(26)12-22-17(24)13-27-16-8-4-2-5-9-16/h2,4-5,8-9H,3,6-7,10-14H2,1H3,(H,22,24). The van der Waals surface area contributed by atoms with Gasteiger partial charge in [0, 0.05) is 7.05 Å². The molecule has 8 heteroatoms. The van der Waals surface area contributed by atoms with Crippen LogP contribution in [0.3, 0.4) is 0 Å². The lowest BCUT2D eigenvalue weighted by Crippen LogP contribution is -2.51. The molecule has 0 spiro atoms. The van der Waals surface area contributed by atoms with Crippen LogP contribution in [-0.2, 0) is 19.1 Å². The molecule has 150 valence electrons. The van der Waals surface area contributed by atoms with Gasteiger partial charge in [0.05, 0.1) is 6.07 Å². The second kappa shape index (κ2) is 10.3. The molecule has 0 aliphatic heterocycles. The minimum atomic E-state index is -0.829. The molecule has 0 heterocycles. The highest BCUT2D eigenvalue weighted by Crippen LogP contribution is 2.32. The maximum atomic E-state index is 12.3. The van der Waals surface area contributed by atoms with Gasteiger partial charge in [0.25, 0.3) is 11.8 Å². The first-order valence-corrected chi connectivity index (χ1v) is 9.25. The van der Waals surface area contributed by atoms with Crippen LogP contribution >= 0.6 is 0 Å². The number of hydrogen-bond donors (Lipinski definition) is 1. The van der Waals surface area contributed by atoms with E-state index in [0.717, 1.165) is 19.3 Å². The molecule has 1 aromatic carbocycles. The largest absolute Gasteiger partial charge is 0.484 e. The van der Waals surface area contributed by atoms with Gasteiger partial charge in [-0.15, -0.1) is 0 Å². The van der Waals surface area contributed by atoms with E-state index in [4.69, 9.17) is 9.47 Å². The van der Waals surface area contributed by atoms with Crippen molar-refractivity contribution in [3.05, 3.63) is 30.3 Å². The number of benzene rings is 1. The van der Waals surface area contributed by atoms with Gasteiger partial charge in [0.1, 0.15) is 17.8 Å². The Bertz CT molecular complexity index is 723. The van der Waals surface area contributed by atoms with E-state index in [2.05, 4.69) is 11.4 Å². The predicted molar refractivity (Wildman–Crippen MR) is 100 cm³/mol. The molecule has 0 aromatic heterocycles. The molecule has 28 heavy (non-hydrogen) atoms. The summed E-state index contributed by atoms with van der Waals surface area (Å²) in [6, 6.07) is 11.1. The number of nitrogens with zero attached hydrogens (tertiary/aromatic N) is 2. The summed E-state index contributed by atoms with van der Waals surface area (Å²) in [5, 5.41) is 11.9. The van der Waals surface area contributed by atoms with Crippen molar-refractivity contribution >= 4 is 17.8 Å². The maximum absolute atomic E-state index is 12.3. The minimum Gasteiger partial charge on any atom is -0.484 e. The second-order valence-corrected chi connectivity index (χ2v) is 6.70. The fraction of sp³-hybridized carbons (Fsp3) is 0.500. The van der Waals surface area contributed by atoms with Gasteiger partial charge in [0.15, 0.2) is 13.2 Å². The molecule has 1 N–H and O–H groups in total. The van der Waals surface area contributed by atoms with E-state index >= 15 is 0 Å². The van der Waals surface area contributed by atoms with Crippen molar-refractivity contribution < 1.29 is 23.9 Å². The molecule has 1 fully saturated rings. The number of nitriles is 1. The third-order valence-corrected chi connectivity index (χ3v) is 4.80. The molecule has 1 aliphatic carbocycles. The molecule has 0 atom stereocenters. The summed E-state index contributed by atoms with van der Waals surface area (Å²) < 4.78 is 10.2. The Kier molecular flexibility index (Phi) is 7.81. The summed E-state index contributed by atoms with van der Waals surface area (Å²) in [7, 11) is 1.56. The first kappa shape index (κ1) is 21.2. The predicted octanol–water partition coefficient (Wildman–Crippen LogP) is 1.41. The van der Waals surface area contributed by atoms with Gasteiger partial charge < -0.3 is 19.7 Å². The molecule has 8 nitrogen and oxygen atoms in total. The van der Waals surface area contributed by atoms with Gasteiger partial charge in [-0.05, 0) is 25.0 Å². The van der Waals surface area contributed by atoms with E-state index in [0.29, 0.717) is 18.6 Å². The Hall–Kier alpha value is -3.08. The average molecular weight is 387 g/mol. The molecule has 1 aromatic rings. The highest BCUT2D eigenvalue weighted by molar-refractivity contribution is 5.85. The van der Waals surface area contributed by atoms with Crippen molar-refractivity contribution in [2.75, 3.05) is 26.8 Å². The fourth-order valence-corrected chi connectivity index (χ4v) is 3.08. The number of hydrogen-bond acceptors (Lipinski definition) is 6. The van der Waals surface area contributed by atoms with Gasteiger partial charge in [-0.25, -0.2) is 0 Å². The zero-order valence-corrected chi connectivity index (χ0v) is 16.0. The van der Waals surface area contributed by atoms with Gasteiger partial charge >= 0.3 is 5.97 Å². The number of nitrogens with one attached hydrogen (secondary N) is 1. The molecule has 0 bridgehead atoms. The Balaban J connectivity index is 1.69. The summed E-state index contributed by atoms with van der Waals surface area (Å²) in [5.74, 6) is -1.10. The average Bonchev–Trinajstić information content (AvgIpc) is 2.75. The number of para-hydroxylation sites is 1. The molecule has 0 saturated heterocycles. The van der Waals surface area contributed by atoms with Gasteiger partial charge in [-0.3, -0.25) is 14.4 Å². The van der Waals surface area contributed by atoms with E-state index in [-0.39, 0.29) is 13.2 Å². The number of esters is 1. The van der Waals surface area contributed by atoms with E-state index in [1.165, 1.54) is 4.90 Å². The summed E-state index contributed by atoms with van der Waals surface area (Å²) in [4.78, 5) is 37.1. The lowest BCUT2D eigenvalue weighted by Gasteiger charge is -2.38. The minimum absolute atomic E-state index is 0.232. The van der Waals surface area contributed by atoms with E-state index in [9.17, 15) is 19.6 Å². The van der Waals surface area contributed by atoms with Crippen molar-refractivity contribution in [2.24, 2.45) is 0 Å². The van der Waals surface area contributed by atoms with Crippen molar-refractivity contribution in [1.29, 1.82) is 5.26 Å². The Morgan fingerprint density at radius 3 is 2.46 bits per heavy atom. The molecule has 0 unspecified atom stereocenters. The molecular weight excluding hydrogens is 362 g/mol. The van der Waals surface area contributed by atoms with E-state index in [1.807, 2.05) is 6.07 Å². The number of carbonyl (C=O) groups excluding carboxylic acids is 3. The number of amides is 2. The first-order valence-electron chi connectivity index (χ1n) is 9.25. The lowest BCUT2D eigenvalue weighted by molar-refractivity contribution is -0.153. The molecule has 2 amide bonds. The van der Waals surface area contributed by atoms with E-state index in [1.54, 1.807) is 31.3 Å². The quantitative estimate of drug-likeness (QED) is 0.676. The van der Waals surface area contributed by atoms with Crippen LogP contribution < -0.4 is 10.1 Å². The third kappa shape index (κ3) is 5.98. The van der Waals surface area contributed by atoms with Crippen LogP contribution in [0.15, 0.2) is 30.3 Å². The monoisotopic (exact) mass is 387 g/mol. The molecule has 1 aliphatic rings. The Morgan fingerprint density at radius 2 is 1.82 bits per heavy atom. The second-order valence-electron chi connectivity index (χ2n) is 6.70. The van der Waals surface area contributed by atoms with Crippen LogP contribution in [0.4, 0.5) is 0 Å². The van der Waals surface area contributed by atoms with Crippen molar-refractivity contribution in [1.82, 2.24) is 10.2 Å². The van der Waals surface area contributed by atoms with Crippen LogP contribution in [0.1, 0.15) is 32.1 Å². The zero-order valence-electron chi connectivity index (χ0n) is 16.0. The van der Waals surface area contributed by atoms with E-state index < -0.39 is 29.9 Å². The molecule has 2 rings (SSSR count). The van der Waals surface area contributed by atoms with Crippen LogP contribution in [-0.4, -0.2) is 55.0 Å². The van der Waals surface area contributed by atoms with Crippen molar-refractivity contribution in [3.63, 3.8) is 0 Å². The van der Waals surface area contributed by atoms with Crippen LogP contribution in [0.2, 0.25) is 0 Å². The third-order valence-electron chi connectivity index (χ3n) is 4.80. The maximum Gasteiger partial charge on any atom is 0.325 e. The molecular formula is C20H25N3O5.